The Balaban J connectivity index is 1.53. The monoisotopic (exact) mass is 427 g/mol. The molecule has 0 amide bonds. The predicted molar refractivity (Wildman–Crippen MR) is 125 cm³/mol. The van der Waals surface area contributed by atoms with Crippen molar-refractivity contribution in [2.24, 2.45) is 0 Å². The van der Waals surface area contributed by atoms with E-state index in [0.29, 0.717) is 0 Å². The minimum Gasteiger partial charge on any atom is -0.324 e. The molecule has 0 saturated heterocycles. The third-order valence-corrected chi connectivity index (χ3v) is 6.36. The van der Waals surface area contributed by atoms with Crippen LogP contribution in [-0.2, 0) is 26.2 Å². The van der Waals surface area contributed by atoms with Crippen LogP contribution in [0.15, 0.2) is 42.7 Å². The van der Waals surface area contributed by atoms with Crippen molar-refractivity contribution >= 4 is 0 Å². The van der Waals surface area contributed by atoms with Crippen LogP contribution in [0.5, 0.6) is 0 Å². The SMILES string of the molecule is CCn1nc(C)c(CN2CCn3c(-c4cnc(C)cn4)nc(-c4ccccc4)c3C2)c1C. The van der Waals surface area contributed by atoms with Crippen LogP contribution in [0.1, 0.15) is 35.3 Å². The molecule has 7 heteroatoms. The van der Waals surface area contributed by atoms with Crippen molar-refractivity contribution in [3.8, 4) is 22.8 Å². The van der Waals surface area contributed by atoms with Gasteiger partial charge in [-0.25, -0.2) is 9.97 Å². The van der Waals surface area contributed by atoms with Gasteiger partial charge >= 0.3 is 0 Å². The summed E-state index contributed by atoms with van der Waals surface area (Å²) in [6.45, 7) is 12.9. The summed E-state index contributed by atoms with van der Waals surface area (Å²) < 4.78 is 4.43. The van der Waals surface area contributed by atoms with Gasteiger partial charge in [-0.05, 0) is 27.7 Å². The average molecular weight is 428 g/mol. The van der Waals surface area contributed by atoms with Crippen molar-refractivity contribution in [3.63, 3.8) is 0 Å². The number of hydrogen-bond acceptors (Lipinski definition) is 5. The van der Waals surface area contributed by atoms with Crippen LogP contribution >= 0.6 is 0 Å². The Morgan fingerprint density at radius 3 is 2.47 bits per heavy atom. The van der Waals surface area contributed by atoms with Gasteiger partial charge < -0.3 is 4.57 Å². The van der Waals surface area contributed by atoms with Gasteiger partial charge in [-0.1, -0.05) is 30.3 Å². The topological polar surface area (TPSA) is 64.7 Å². The molecule has 0 saturated carbocycles. The van der Waals surface area contributed by atoms with Crippen molar-refractivity contribution in [1.82, 2.24) is 34.2 Å². The van der Waals surface area contributed by atoms with Crippen LogP contribution in [0, 0.1) is 20.8 Å². The summed E-state index contributed by atoms with van der Waals surface area (Å²) in [7, 11) is 0. The molecule has 0 spiro atoms. The van der Waals surface area contributed by atoms with E-state index in [9.17, 15) is 0 Å². The van der Waals surface area contributed by atoms with E-state index >= 15 is 0 Å². The molecule has 5 rings (SSSR count). The predicted octanol–water partition coefficient (Wildman–Crippen LogP) is 4.16. The summed E-state index contributed by atoms with van der Waals surface area (Å²) in [5, 5.41) is 4.71. The molecular weight excluding hydrogens is 398 g/mol. The molecule has 164 valence electrons. The molecular formula is C25H29N7. The van der Waals surface area contributed by atoms with Crippen molar-refractivity contribution in [2.75, 3.05) is 6.54 Å². The second kappa shape index (κ2) is 8.31. The smallest absolute Gasteiger partial charge is 0.161 e. The van der Waals surface area contributed by atoms with Gasteiger partial charge in [-0.15, -0.1) is 0 Å². The van der Waals surface area contributed by atoms with Crippen LogP contribution in [0.3, 0.4) is 0 Å². The first-order chi connectivity index (χ1) is 15.5. The molecule has 4 aromatic rings. The molecule has 0 N–H and O–H groups in total. The molecule has 0 fully saturated rings. The minimum absolute atomic E-state index is 0.823. The summed E-state index contributed by atoms with van der Waals surface area (Å²) >= 11 is 0. The highest BCUT2D eigenvalue weighted by atomic mass is 15.3. The fraction of sp³-hybridized carbons (Fsp3) is 0.360. The maximum absolute atomic E-state index is 5.07. The highest BCUT2D eigenvalue weighted by Crippen LogP contribution is 2.32. The van der Waals surface area contributed by atoms with E-state index in [-0.39, 0.29) is 0 Å². The number of aryl methyl sites for hydroxylation is 3. The first kappa shape index (κ1) is 20.6. The van der Waals surface area contributed by atoms with E-state index in [1.165, 1.54) is 17.0 Å². The Hall–Kier alpha value is -3.32. The van der Waals surface area contributed by atoms with Crippen molar-refractivity contribution in [1.29, 1.82) is 0 Å². The van der Waals surface area contributed by atoms with Crippen LogP contribution in [-0.4, -0.2) is 40.7 Å². The third-order valence-electron chi connectivity index (χ3n) is 6.36. The molecule has 1 aromatic carbocycles. The molecule has 0 unspecified atom stereocenters. The summed E-state index contributed by atoms with van der Waals surface area (Å²) in [6.07, 6.45) is 3.64. The normalized spacial score (nSPS) is 14.0. The second-order valence-electron chi connectivity index (χ2n) is 8.47. The van der Waals surface area contributed by atoms with Crippen molar-refractivity contribution in [3.05, 3.63) is 71.1 Å². The largest absolute Gasteiger partial charge is 0.324 e. The van der Waals surface area contributed by atoms with E-state index in [1.54, 1.807) is 0 Å². The highest BCUT2D eigenvalue weighted by Gasteiger charge is 2.27. The van der Waals surface area contributed by atoms with Gasteiger partial charge in [0.1, 0.15) is 5.69 Å². The lowest BCUT2D eigenvalue weighted by Gasteiger charge is -2.29. The fourth-order valence-electron chi connectivity index (χ4n) is 4.58. The van der Waals surface area contributed by atoms with Gasteiger partial charge in [-0.3, -0.25) is 14.6 Å². The van der Waals surface area contributed by atoms with Gasteiger partial charge in [0.2, 0.25) is 0 Å². The van der Waals surface area contributed by atoms with Gasteiger partial charge in [0.05, 0.1) is 29.0 Å². The lowest BCUT2D eigenvalue weighted by Crippen LogP contribution is -2.33. The molecule has 0 atom stereocenters. The third kappa shape index (κ3) is 3.62. The van der Waals surface area contributed by atoms with E-state index in [0.717, 1.165) is 66.9 Å². The molecule has 1 aliphatic heterocycles. The van der Waals surface area contributed by atoms with E-state index in [4.69, 9.17) is 10.1 Å². The molecule has 0 bridgehead atoms. The second-order valence-corrected chi connectivity index (χ2v) is 8.47. The zero-order valence-electron chi connectivity index (χ0n) is 19.2. The number of hydrogen-bond donors (Lipinski definition) is 0. The molecule has 1 aliphatic rings. The van der Waals surface area contributed by atoms with E-state index in [2.05, 4.69) is 69.2 Å². The van der Waals surface area contributed by atoms with Gasteiger partial charge in [0.15, 0.2) is 5.82 Å². The molecule has 0 aliphatic carbocycles. The number of rotatable bonds is 5. The van der Waals surface area contributed by atoms with E-state index in [1.807, 2.05) is 25.4 Å². The molecule has 7 nitrogen and oxygen atoms in total. The standard InChI is InChI=1S/C25H29N7/c1-5-32-19(4)21(18(3)29-32)15-30-11-12-31-23(16-30)24(20-9-7-6-8-10-20)28-25(31)22-14-26-17(2)13-27-22/h6-10,13-14H,5,11-12,15-16H2,1-4H3. The number of imidazole rings is 1. The first-order valence-corrected chi connectivity index (χ1v) is 11.2. The van der Waals surface area contributed by atoms with Crippen LogP contribution in [0.25, 0.3) is 22.8 Å². The Morgan fingerprint density at radius 2 is 1.78 bits per heavy atom. The molecule has 0 radical (unpaired) electrons. The summed E-state index contributed by atoms with van der Waals surface area (Å²) in [6, 6.07) is 10.4. The van der Waals surface area contributed by atoms with Crippen LogP contribution in [0.4, 0.5) is 0 Å². The molecule has 32 heavy (non-hydrogen) atoms. The zero-order valence-corrected chi connectivity index (χ0v) is 19.2. The summed E-state index contributed by atoms with van der Waals surface area (Å²) in [5.74, 6) is 0.900. The number of aromatic nitrogens is 6. The van der Waals surface area contributed by atoms with Crippen LogP contribution in [0.2, 0.25) is 0 Å². The summed E-state index contributed by atoms with van der Waals surface area (Å²) in [4.78, 5) is 16.6. The zero-order chi connectivity index (χ0) is 22.2. The van der Waals surface area contributed by atoms with Crippen LogP contribution < -0.4 is 0 Å². The van der Waals surface area contributed by atoms with Gasteiger partial charge in [0.25, 0.3) is 0 Å². The summed E-state index contributed by atoms with van der Waals surface area (Å²) in [5.41, 5.74) is 8.87. The Morgan fingerprint density at radius 1 is 0.969 bits per heavy atom. The lowest BCUT2D eigenvalue weighted by atomic mass is 10.1. The molecule has 4 heterocycles. The van der Waals surface area contributed by atoms with Crippen molar-refractivity contribution in [2.45, 2.75) is 53.9 Å². The quantitative estimate of drug-likeness (QED) is 0.478. The Kier molecular flexibility index (Phi) is 5.35. The average Bonchev–Trinajstić information content (AvgIpc) is 3.32. The number of fused-ring (bicyclic) bond motifs is 1. The minimum atomic E-state index is 0.823. The van der Waals surface area contributed by atoms with E-state index < -0.39 is 0 Å². The highest BCUT2D eigenvalue weighted by molar-refractivity contribution is 5.67. The molecule has 3 aromatic heterocycles. The Bertz CT molecular complexity index is 1240. The van der Waals surface area contributed by atoms with Crippen molar-refractivity contribution < 1.29 is 0 Å². The fourth-order valence-corrected chi connectivity index (χ4v) is 4.58. The Labute approximate surface area is 188 Å². The van der Waals surface area contributed by atoms with Gasteiger partial charge in [-0.2, -0.15) is 5.10 Å². The number of benzene rings is 1. The maximum Gasteiger partial charge on any atom is 0.161 e. The lowest BCUT2D eigenvalue weighted by molar-refractivity contribution is 0.213. The van der Waals surface area contributed by atoms with Gasteiger partial charge in [0, 0.05) is 55.7 Å². The maximum atomic E-state index is 5.07. The number of nitrogens with zero attached hydrogens (tertiary/aromatic N) is 7. The first-order valence-electron chi connectivity index (χ1n) is 11.2.